The number of hydrogen-bond donors (Lipinski definition) is 0. The third-order valence-electron chi connectivity index (χ3n) is 3.23. The van der Waals surface area contributed by atoms with Crippen LogP contribution in [0.15, 0.2) is 24.3 Å². The normalized spacial score (nSPS) is 17.9. The van der Waals surface area contributed by atoms with Gasteiger partial charge in [-0.25, -0.2) is 0 Å². The highest BCUT2D eigenvalue weighted by molar-refractivity contribution is 7.86. The second-order valence-electron chi connectivity index (χ2n) is 4.49. The Morgan fingerprint density at radius 2 is 1.95 bits per heavy atom. The van der Waals surface area contributed by atoms with Crippen LogP contribution < -0.4 is 4.74 Å². The highest BCUT2D eigenvalue weighted by atomic mass is 32.2. The standard InChI is InChI=1S/C14H18O4S/c1-17-12-4-2-11(3-5-12)14(15)10-19(16)13-6-8-18-9-7-13/h2-5,13H,6-10H2,1H3. The third-order valence-corrected chi connectivity index (χ3v) is 4.99. The summed E-state index contributed by atoms with van der Waals surface area (Å²) in [5, 5.41) is 0.0935. The van der Waals surface area contributed by atoms with Gasteiger partial charge in [-0.3, -0.25) is 9.00 Å². The van der Waals surface area contributed by atoms with Crippen molar-refractivity contribution in [3.05, 3.63) is 29.8 Å². The second-order valence-corrected chi connectivity index (χ2v) is 6.21. The van der Waals surface area contributed by atoms with Crippen molar-refractivity contribution in [2.45, 2.75) is 18.1 Å². The molecule has 0 amide bonds. The van der Waals surface area contributed by atoms with Crippen LogP contribution in [0.5, 0.6) is 5.75 Å². The van der Waals surface area contributed by atoms with Gasteiger partial charge in [-0.1, -0.05) is 0 Å². The molecule has 1 aliphatic heterocycles. The van der Waals surface area contributed by atoms with E-state index in [2.05, 4.69) is 0 Å². The second kappa shape index (κ2) is 6.82. The average molecular weight is 282 g/mol. The van der Waals surface area contributed by atoms with Gasteiger partial charge >= 0.3 is 0 Å². The summed E-state index contributed by atoms with van der Waals surface area (Å²) in [5.74, 6) is 0.728. The molecule has 1 aromatic carbocycles. The topological polar surface area (TPSA) is 52.6 Å². The molecule has 1 aromatic rings. The first-order valence-electron chi connectivity index (χ1n) is 6.33. The number of carbonyl (C=O) groups excluding carboxylic acids is 1. The van der Waals surface area contributed by atoms with Crippen molar-refractivity contribution in [1.29, 1.82) is 0 Å². The van der Waals surface area contributed by atoms with Gasteiger partial charge in [0.25, 0.3) is 0 Å². The molecule has 0 aliphatic carbocycles. The summed E-state index contributed by atoms with van der Waals surface area (Å²) in [6.07, 6.45) is 1.56. The van der Waals surface area contributed by atoms with Crippen LogP contribution in [-0.4, -0.2) is 41.3 Å². The van der Waals surface area contributed by atoms with Crippen LogP contribution >= 0.6 is 0 Å². The quantitative estimate of drug-likeness (QED) is 0.773. The third kappa shape index (κ3) is 3.88. The van der Waals surface area contributed by atoms with E-state index in [9.17, 15) is 9.00 Å². The molecule has 0 aromatic heterocycles. The minimum Gasteiger partial charge on any atom is -0.497 e. The van der Waals surface area contributed by atoms with E-state index < -0.39 is 10.8 Å². The van der Waals surface area contributed by atoms with Crippen molar-refractivity contribution < 1.29 is 18.5 Å². The molecule has 5 heteroatoms. The van der Waals surface area contributed by atoms with Gasteiger partial charge in [0.2, 0.25) is 0 Å². The first-order chi connectivity index (χ1) is 9.20. The Morgan fingerprint density at radius 3 is 2.53 bits per heavy atom. The van der Waals surface area contributed by atoms with E-state index in [1.165, 1.54) is 0 Å². The van der Waals surface area contributed by atoms with Gasteiger partial charge in [0.05, 0.1) is 12.9 Å². The molecule has 19 heavy (non-hydrogen) atoms. The molecule has 0 radical (unpaired) electrons. The highest BCUT2D eigenvalue weighted by Crippen LogP contribution is 2.16. The molecule has 1 fully saturated rings. The number of Topliss-reactive ketones (excluding diaryl/α,β-unsaturated/α-hetero) is 1. The van der Waals surface area contributed by atoms with Crippen LogP contribution in [0.25, 0.3) is 0 Å². The number of ether oxygens (including phenoxy) is 2. The van der Waals surface area contributed by atoms with Crippen LogP contribution in [0.4, 0.5) is 0 Å². The average Bonchev–Trinajstić information content (AvgIpc) is 2.48. The fourth-order valence-electron chi connectivity index (χ4n) is 2.05. The maximum atomic E-state index is 12.1. The Labute approximate surface area is 115 Å². The van der Waals surface area contributed by atoms with Crippen LogP contribution in [0.3, 0.4) is 0 Å². The maximum absolute atomic E-state index is 12.1. The van der Waals surface area contributed by atoms with Crippen LogP contribution in [0.1, 0.15) is 23.2 Å². The Hall–Kier alpha value is -1.20. The summed E-state index contributed by atoms with van der Waals surface area (Å²) in [6, 6.07) is 6.90. The smallest absolute Gasteiger partial charge is 0.175 e. The van der Waals surface area contributed by atoms with Crippen LogP contribution in [-0.2, 0) is 15.5 Å². The summed E-state index contributed by atoms with van der Waals surface area (Å²) in [6.45, 7) is 1.29. The zero-order chi connectivity index (χ0) is 13.7. The SMILES string of the molecule is COc1ccc(C(=O)CS(=O)C2CCOCC2)cc1. The van der Waals surface area contributed by atoms with Gasteiger partial charge in [0.1, 0.15) is 5.75 Å². The van der Waals surface area contributed by atoms with E-state index in [1.54, 1.807) is 31.4 Å². The molecule has 1 saturated heterocycles. The van der Waals surface area contributed by atoms with Crippen LogP contribution in [0.2, 0.25) is 0 Å². The first kappa shape index (κ1) is 14.2. The summed E-state index contributed by atoms with van der Waals surface area (Å²) < 4.78 is 22.4. The molecular formula is C14H18O4S. The fourth-order valence-corrected chi connectivity index (χ4v) is 3.43. The minimum absolute atomic E-state index is 0.0764. The molecule has 4 nitrogen and oxygen atoms in total. The first-order valence-corrected chi connectivity index (χ1v) is 7.71. The molecule has 0 bridgehead atoms. The van der Waals surface area contributed by atoms with Gasteiger partial charge in [0.15, 0.2) is 5.78 Å². The zero-order valence-corrected chi connectivity index (χ0v) is 11.8. The van der Waals surface area contributed by atoms with Crippen molar-refractivity contribution in [3.63, 3.8) is 0 Å². The van der Waals surface area contributed by atoms with Crippen molar-refractivity contribution in [1.82, 2.24) is 0 Å². The number of benzene rings is 1. The number of carbonyl (C=O) groups is 1. The predicted octanol–water partition coefficient (Wildman–Crippen LogP) is 1.81. The van der Waals surface area contributed by atoms with Crippen LogP contribution in [0, 0.1) is 0 Å². The Kier molecular flexibility index (Phi) is 5.10. The van der Waals surface area contributed by atoms with E-state index in [4.69, 9.17) is 9.47 Å². The molecule has 1 aliphatic rings. The van der Waals surface area contributed by atoms with Gasteiger partial charge in [-0.2, -0.15) is 0 Å². The van der Waals surface area contributed by atoms with Gasteiger partial charge in [-0.15, -0.1) is 0 Å². The fraction of sp³-hybridized carbons (Fsp3) is 0.500. The predicted molar refractivity (Wildman–Crippen MR) is 74.2 cm³/mol. The molecule has 2 rings (SSSR count). The van der Waals surface area contributed by atoms with Crippen molar-refractivity contribution in [2.75, 3.05) is 26.1 Å². The van der Waals surface area contributed by atoms with Gasteiger partial charge < -0.3 is 9.47 Å². The van der Waals surface area contributed by atoms with Crippen molar-refractivity contribution in [3.8, 4) is 5.75 Å². The lowest BCUT2D eigenvalue weighted by Gasteiger charge is -2.21. The van der Waals surface area contributed by atoms with E-state index in [0.717, 1.165) is 12.8 Å². The monoisotopic (exact) mass is 282 g/mol. The molecule has 1 unspecified atom stereocenters. The minimum atomic E-state index is -1.10. The zero-order valence-electron chi connectivity index (χ0n) is 11.0. The largest absolute Gasteiger partial charge is 0.497 e. The summed E-state index contributed by atoms with van der Waals surface area (Å²) in [5.41, 5.74) is 0.584. The van der Waals surface area contributed by atoms with Gasteiger partial charge in [-0.05, 0) is 37.1 Å². The Bertz CT molecular complexity index is 449. The summed E-state index contributed by atoms with van der Waals surface area (Å²) in [7, 11) is 0.475. The molecule has 0 spiro atoms. The van der Waals surface area contributed by atoms with E-state index in [1.807, 2.05) is 0 Å². The molecule has 1 atom stereocenters. The molecule has 104 valence electrons. The van der Waals surface area contributed by atoms with E-state index in [-0.39, 0.29) is 16.8 Å². The maximum Gasteiger partial charge on any atom is 0.175 e. The number of methoxy groups -OCH3 is 1. The lowest BCUT2D eigenvalue weighted by atomic mass is 10.1. The van der Waals surface area contributed by atoms with Crippen molar-refractivity contribution in [2.24, 2.45) is 0 Å². The summed E-state index contributed by atoms with van der Waals surface area (Å²) in [4.78, 5) is 12.0. The van der Waals surface area contributed by atoms with E-state index >= 15 is 0 Å². The Balaban J connectivity index is 1.93. The number of ketones is 1. The lowest BCUT2D eigenvalue weighted by molar-refractivity contribution is 0.0980. The number of rotatable bonds is 5. The highest BCUT2D eigenvalue weighted by Gasteiger charge is 2.22. The number of hydrogen-bond acceptors (Lipinski definition) is 4. The van der Waals surface area contributed by atoms with Gasteiger partial charge in [0, 0.05) is 34.8 Å². The molecule has 0 saturated carbocycles. The van der Waals surface area contributed by atoms with Crippen molar-refractivity contribution >= 4 is 16.6 Å². The molecule has 0 N–H and O–H groups in total. The van der Waals surface area contributed by atoms with E-state index in [0.29, 0.717) is 24.5 Å². The summed E-state index contributed by atoms with van der Waals surface area (Å²) >= 11 is 0. The molecule has 1 heterocycles. The Morgan fingerprint density at radius 1 is 1.32 bits per heavy atom. The molecular weight excluding hydrogens is 264 g/mol. The lowest BCUT2D eigenvalue weighted by Crippen LogP contribution is -2.28.